The summed E-state index contributed by atoms with van der Waals surface area (Å²) in [6, 6.07) is 3.93. The van der Waals surface area contributed by atoms with Crippen molar-refractivity contribution in [1.82, 2.24) is 5.32 Å². The molecule has 0 aliphatic carbocycles. The van der Waals surface area contributed by atoms with E-state index in [1.54, 1.807) is 6.92 Å². The number of rotatable bonds is 5. The number of amides is 1. The Kier molecular flexibility index (Phi) is 4.79. The number of hydrogen-bond donors (Lipinski definition) is 3. The summed E-state index contributed by atoms with van der Waals surface area (Å²) in [7, 11) is 0. The highest BCUT2D eigenvalue weighted by Crippen LogP contribution is 2.09. The lowest BCUT2D eigenvalue weighted by Gasteiger charge is -2.08. The molecule has 18 heavy (non-hydrogen) atoms. The zero-order chi connectivity index (χ0) is 13.7. The Hall–Kier alpha value is -1.95. The number of carboxylic acids is 1. The van der Waals surface area contributed by atoms with E-state index >= 15 is 0 Å². The van der Waals surface area contributed by atoms with Crippen molar-refractivity contribution in [2.45, 2.75) is 19.4 Å². The molecule has 0 spiro atoms. The zero-order valence-electron chi connectivity index (χ0n) is 9.81. The van der Waals surface area contributed by atoms with E-state index in [0.29, 0.717) is 11.1 Å². The van der Waals surface area contributed by atoms with Crippen LogP contribution in [-0.2, 0) is 4.79 Å². The smallest absolute Gasteiger partial charge is 0.332 e. The maximum atomic E-state index is 13.0. The van der Waals surface area contributed by atoms with Crippen LogP contribution in [0.1, 0.15) is 22.3 Å². The van der Waals surface area contributed by atoms with Crippen molar-refractivity contribution in [2.75, 3.05) is 6.54 Å². The van der Waals surface area contributed by atoms with Crippen molar-refractivity contribution in [3.05, 3.63) is 35.1 Å². The number of hydrogen-bond acceptors (Lipinski definition) is 3. The minimum absolute atomic E-state index is 0.0305. The van der Waals surface area contributed by atoms with E-state index in [1.165, 1.54) is 18.2 Å². The standard InChI is InChI=1S/C12H14FNO4/c1-7-6-8(2-3-9(7)13)11(16)14-5-4-10(15)12(17)18/h2-3,6,10,15H,4-5H2,1H3,(H,14,16)(H,17,18). The molecule has 1 amide bonds. The van der Waals surface area contributed by atoms with Crippen LogP contribution in [0, 0.1) is 12.7 Å². The van der Waals surface area contributed by atoms with Crippen LogP contribution in [0.5, 0.6) is 0 Å². The summed E-state index contributed by atoms with van der Waals surface area (Å²) in [4.78, 5) is 21.9. The average Bonchev–Trinajstić information content (AvgIpc) is 2.32. The second kappa shape index (κ2) is 6.11. The maximum Gasteiger partial charge on any atom is 0.332 e. The Morgan fingerprint density at radius 2 is 2.11 bits per heavy atom. The van der Waals surface area contributed by atoms with Crippen molar-refractivity contribution in [2.24, 2.45) is 0 Å². The molecule has 0 aliphatic heterocycles. The first-order valence-electron chi connectivity index (χ1n) is 5.37. The summed E-state index contributed by atoms with van der Waals surface area (Å²) in [5.41, 5.74) is 0.645. The number of aliphatic hydroxyl groups is 1. The van der Waals surface area contributed by atoms with Gasteiger partial charge in [-0.25, -0.2) is 9.18 Å². The van der Waals surface area contributed by atoms with Crippen LogP contribution in [0.3, 0.4) is 0 Å². The molecule has 0 heterocycles. The van der Waals surface area contributed by atoms with Crippen LogP contribution < -0.4 is 5.32 Å². The number of carbonyl (C=O) groups is 2. The number of carbonyl (C=O) groups excluding carboxylic acids is 1. The molecular formula is C12H14FNO4. The van der Waals surface area contributed by atoms with Crippen LogP contribution >= 0.6 is 0 Å². The SMILES string of the molecule is Cc1cc(C(=O)NCCC(O)C(=O)O)ccc1F. The zero-order valence-corrected chi connectivity index (χ0v) is 9.81. The first-order valence-corrected chi connectivity index (χ1v) is 5.37. The number of aliphatic carboxylic acids is 1. The van der Waals surface area contributed by atoms with Crippen molar-refractivity contribution in [1.29, 1.82) is 0 Å². The van der Waals surface area contributed by atoms with Crippen LogP contribution in [0.4, 0.5) is 4.39 Å². The molecule has 98 valence electrons. The van der Waals surface area contributed by atoms with E-state index in [-0.39, 0.29) is 13.0 Å². The fourth-order valence-electron chi connectivity index (χ4n) is 1.33. The number of halogens is 1. The summed E-state index contributed by atoms with van der Waals surface area (Å²) < 4.78 is 13.0. The Morgan fingerprint density at radius 3 is 2.67 bits per heavy atom. The van der Waals surface area contributed by atoms with Gasteiger partial charge < -0.3 is 15.5 Å². The van der Waals surface area contributed by atoms with E-state index < -0.39 is 23.8 Å². The van der Waals surface area contributed by atoms with Crippen molar-refractivity contribution >= 4 is 11.9 Å². The van der Waals surface area contributed by atoms with Gasteiger partial charge in [0.05, 0.1) is 0 Å². The lowest BCUT2D eigenvalue weighted by atomic mass is 10.1. The highest BCUT2D eigenvalue weighted by Gasteiger charge is 2.13. The molecule has 3 N–H and O–H groups in total. The van der Waals surface area contributed by atoms with Gasteiger partial charge in [0, 0.05) is 18.5 Å². The van der Waals surface area contributed by atoms with Gasteiger partial charge in [0.1, 0.15) is 5.82 Å². The first-order chi connectivity index (χ1) is 8.41. The van der Waals surface area contributed by atoms with E-state index in [1.807, 2.05) is 0 Å². The summed E-state index contributed by atoms with van der Waals surface area (Å²) in [5, 5.41) is 19.9. The van der Waals surface area contributed by atoms with Gasteiger partial charge in [-0.05, 0) is 30.7 Å². The van der Waals surface area contributed by atoms with Crippen LogP contribution in [0.15, 0.2) is 18.2 Å². The quantitative estimate of drug-likeness (QED) is 0.722. The third-order valence-corrected chi connectivity index (χ3v) is 2.41. The lowest BCUT2D eigenvalue weighted by molar-refractivity contribution is -0.146. The number of benzene rings is 1. The highest BCUT2D eigenvalue weighted by atomic mass is 19.1. The molecule has 0 saturated carbocycles. The van der Waals surface area contributed by atoms with E-state index in [0.717, 1.165) is 0 Å². The van der Waals surface area contributed by atoms with Crippen molar-refractivity contribution in [3.8, 4) is 0 Å². The fraction of sp³-hybridized carbons (Fsp3) is 0.333. The number of aliphatic hydroxyl groups excluding tert-OH is 1. The van der Waals surface area contributed by atoms with Gasteiger partial charge >= 0.3 is 5.97 Å². The third-order valence-electron chi connectivity index (χ3n) is 2.41. The van der Waals surface area contributed by atoms with Crippen LogP contribution in [-0.4, -0.2) is 34.7 Å². The van der Waals surface area contributed by atoms with Gasteiger partial charge in [-0.1, -0.05) is 0 Å². The van der Waals surface area contributed by atoms with Gasteiger partial charge in [-0.3, -0.25) is 4.79 Å². The second-order valence-electron chi connectivity index (χ2n) is 3.86. The minimum Gasteiger partial charge on any atom is -0.479 e. The van der Waals surface area contributed by atoms with Gasteiger partial charge in [0.25, 0.3) is 5.91 Å². The maximum absolute atomic E-state index is 13.0. The molecule has 5 nitrogen and oxygen atoms in total. The van der Waals surface area contributed by atoms with E-state index in [4.69, 9.17) is 10.2 Å². The van der Waals surface area contributed by atoms with E-state index in [2.05, 4.69) is 5.32 Å². The summed E-state index contributed by atoms with van der Waals surface area (Å²) in [6.45, 7) is 1.57. The Labute approximate surface area is 103 Å². The molecule has 0 radical (unpaired) electrons. The van der Waals surface area contributed by atoms with Gasteiger partial charge in [-0.2, -0.15) is 0 Å². The Bertz CT molecular complexity index is 461. The Balaban J connectivity index is 2.50. The summed E-state index contributed by atoms with van der Waals surface area (Å²) in [5.74, 6) is -2.16. The molecule has 0 saturated heterocycles. The molecule has 0 aliphatic rings. The molecule has 1 rings (SSSR count). The Morgan fingerprint density at radius 1 is 1.44 bits per heavy atom. The molecule has 0 aromatic heterocycles. The molecule has 1 unspecified atom stereocenters. The summed E-state index contributed by atoms with van der Waals surface area (Å²) >= 11 is 0. The molecule has 6 heteroatoms. The predicted molar refractivity (Wildman–Crippen MR) is 61.7 cm³/mol. The third kappa shape index (κ3) is 3.81. The first kappa shape index (κ1) is 14.1. The largest absolute Gasteiger partial charge is 0.479 e. The van der Waals surface area contributed by atoms with E-state index in [9.17, 15) is 14.0 Å². The molecular weight excluding hydrogens is 241 g/mol. The highest BCUT2D eigenvalue weighted by molar-refractivity contribution is 5.94. The average molecular weight is 255 g/mol. The lowest BCUT2D eigenvalue weighted by Crippen LogP contribution is -2.30. The van der Waals surface area contributed by atoms with Gasteiger partial charge in [0.15, 0.2) is 6.10 Å². The van der Waals surface area contributed by atoms with Crippen molar-refractivity contribution < 1.29 is 24.2 Å². The molecule has 1 aromatic rings. The van der Waals surface area contributed by atoms with Crippen LogP contribution in [0.2, 0.25) is 0 Å². The number of carboxylic acid groups (broad SMARTS) is 1. The molecule has 1 aromatic carbocycles. The summed E-state index contributed by atoms with van der Waals surface area (Å²) in [6.07, 6.45) is -1.58. The molecule has 0 bridgehead atoms. The number of nitrogens with one attached hydrogen (secondary N) is 1. The van der Waals surface area contributed by atoms with Crippen LogP contribution in [0.25, 0.3) is 0 Å². The predicted octanol–water partition coefficient (Wildman–Crippen LogP) is 0.700. The van der Waals surface area contributed by atoms with Crippen molar-refractivity contribution in [3.63, 3.8) is 0 Å². The normalized spacial score (nSPS) is 11.9. The monoisotopic (exact) mass is 255 g/mol. The fourth-order valence-corrected chi connectivity index (χ4v) is 1.33. The molecule has 0 fully saturated rings. The topological polar surface area (TPSA) is 86.6 Å². The van der Waals surface area contributed by atoms with Gasteiger partial charge in [0.2, 0.25) is 0 Å². The minimum atomic E-state index is -1.50. The second-order valence-corrected chi connectivity index (χ2v) is 3.86. The van der Waals surface area contributed by atoms with Gasteiger partial charge in [-0.15, -0.1) is 0 Å². The molecule has 1 atom stereocenters. The number of aryl methyl sites for hydroxylation is 1.